The van der Waals surface area contributed by atoms with Crippen LogP contribution in [0.2, 0.25) is 0 Å². The maximum atomic E-state index is 12.6. The van der Waals surface area contributed by atoms with Gasteiger partial charge in [0.25, 0.3) is 15.7 Å². The zero-order valence-corrected chi connectivity index (χ0v) is 15.3. The minimum Gasteiger partial charge on any atom is -0.478 e. The van der Waals surface area contributed by atoms with Gasteiger partial charge < -0.3 is 5.11 Å². The summed E-state index contributed by atoms with van der Waals surface area (Å²) in [5.74, 6) is -1.41. The minimum absolute atomic E-state index is 0.00570. The van der Waals surface area contributed by atoms with Crippen molar-refractivity contribution in [3.05, 3.63) is 70.1 Å². The fourth-order valence-corrected chi connectivity index (χ4v) is 3.06. The van der Waals surface area contributed by atoms with E-state index in [9.17, 15) is 23.1 Å². The lowest BCUT2D eigenvalue weighted by atomic mass is 10.2. The van der Waals surface area contributed by atoms with Crippen LogP contribution < -0.4 is 16.4 Å². The van der Waals surface area contributed by atoms with Crippen LogP contribution in [0.5, 0.6) is 0 Å². The molecule has 10 nitrogen and oxygen atoms in total. The minimum atomic E-state index is -4.55. The van der Waals surface area contributed by atoms with Crippen LogP contribution in [-0.2, 0) is 10.1 Å². The van der Waals surface area contributed by atoms with Crippen molar-refractivity contribution in [1.82, 2.24) is 9.78 Å². The van der Waals surface area contributed by atoms with E-state index in [1.807, 2.05) is 6.07 Å². The Kier molecular flexibility index (Phi) is 4.94. The van der Waals surface area contributed by atoms with Crippen molar-refractivity contribution >= 4 is 27.5 Å². The number of benzene rings is 2. The first kappa shape index (κ1) is 19.2. The molecule has 0 amide bonds. The van der Waals surface area contributed by atoms with Gasteiger partial charge in [0.15, 0.2) is 0 Å². The second-order valence-electron chi connectivity index (χ2n) is 5.83. The lowest BCUT2D eigenvalue weighted by Crippen LogP contribution is -2.21. The quantitative estimate of drug-likeness (QED) is 0.308. The topological polar surface area (TPSA) is 154 Å². The monoisotopic (exact) mass is 404 g/mol. The number of hydrogen-bond donors (Lipinski definition) is 5. The first-order valence-corrected chi connectivity index (χ1v) is 9.36. The number of nitrogens with zero attached hydrogens (tertiary/aromatic N) is 1. The molecule has 2 aromatic carbocycles. The molecule has 11 heteroatoms. The van der Waals surface area contributed by atoms with Crippen molar-refractivity contribution < 1.29 is 22.9 Å². The Morgan fingerprint density at radius 1 is 1.11 bits per heavy atom. The van der Waals surface area contributed by atoms with Gasteiger partial charge in [-0.15, -0.1) is 0 Å². The standard InChI is InChI=1S/C17H16N4O6S/c1-10-15(16(22)21(20-10)11-5-3-2-4-6-11)19-18-14-8-7-12(28(25,26)27)9-13(14)17(23)24/h2-9,18-20H,1H3,(H,23,24)(H,25,26,27). The fourth-order valence-electron chi connectivity index (χ4n) is 2.55. The number of para-hydroxylation sites is 1. The first-order chi connectivity index (χ1) is 13.2. The summed E-state index contributed by atoms with van der Waals surface area (Å²) in [5.41, 5.74) is 5.71. The van der Waals surface area contributed by atoms with E-state index in [-0.39, 0.29) is 11.4 Å². The average molecular weight is 404 g/mol. The van der Waals surface area contributed by atoms with Gasteiger partial charge in [-0.25, -0.2) is 9.48 Å². The highest BCUT2D eigenvalue weighted by atomic mass is 32.2. The van der Waals surface area contributed by atoms with E-state index in [1.165, 1.54) is 4.68 Å². The van der Waals surface area contributed by atoms with Crippen LogP contribution in [0.15, 0.2) is 58.2 Å². The Morgan fingerprint density at radius 2 is 1.79 bits per heavy atom. The molecule has 0 aliphatic carbocycles. The maximum absolute atomic E-state index is 12.6. The third-order valence-corrected chi connectivity index (χ3v) is 4.78. The number of carbonyl (C=O) groups is 1. The number of carboxylic acid groups (broad SMARTS) is 1. The predicted molar refractivity (Wildman–Crippen MR) is 102 cm³/mol. The summed E-state index contributed by atoms with van der Waals surface area (Å²) in [4.78, 5) is 23.5. The molecule has 0 fully saturated rings. The SMILES string of the molecule is Cc1[nH]n(-c2ccccc2)c(=O)c1NNc1ccc(S(=O)(=O)O)cc1C(=O)O. The highest BCUT2D eigenvalue weighted by molar-refractivity contribution is 7.85. The number of aromatic amines is 1. The van der Waals surface area contributed by atoms with Gasteiger partial charge in [0.2, 0.25) is 0 Å². The Hall–Kier alpha value is -3.57. The number of rotatable bonds is 6. The van der Waals surface area contributed by atoms with Crippen LogP contribution in [0, 0.1) is 6.92 Å². The van der Waals surface area contributed by atoms with Gasteiger partial charge >= 0.3 is 5.97 Å². The van der Waals surface area contributed by atoms with Gasteiger partial charge in [-0.2, -0.15) is 8.42 Å². The maximum Gasteiger partial charge on any atom is 0.337 e. The summed E-state index contributed by atoms with van der Waals surface area (Å²) in [6.07, 6.45) is 0. The summed E-state index contributed by atoms with van der Waals surface area (Å²) >= 11 is 0. The van der Waals surface area contributed by atoms with E-state index in [1.54, 1.807) is 31.2 Å². The van der Waals surface area contributed by atoms with Gasteiger partial charge in [0, 0.05) is 0 Å². The molecule has 3 aromatic rings. The largest absolute Gasteiger partial charge is 0.478 e. The molecule has 0 saturated carbocycles. The van der Waals surface area contributed by atoms with Gasteiger partial charge in [0.05, 0.1) is 27.5 Å². The van der Waals surface area contributed by atoms with Gasteiger partial charge in [-0.1, -0.05) is 18.2 Å². The van der Waals surface area contributed by atoms with Crippen molar-refractivity contribution in [3.8, 4) is 5.69 Å². The van der Waals surface area contributed by atoms with Crippen LogP contribution in [0.25, 0.3) is 5.69 Å². The van der Waals surface area contributed by atoms with Crippen LogP contribution >= 0.6 is 0 Å². The summed E-state index contributed by atoms with van der Waals surface area (Å²) in [5, 5.41) is 12.2. The van der Waals surface area contributed by atoms with Crippen LogP contribution in [0.1, 0.15) is 16.1 Å². The Labute approximate surface area is 159 Å². The third-order valence-electron chi connectivity index (χ3n) is 3.93. The number of aromatic nitrogens is 2. The molecule has 0 spiro atoms. The predicted octanol–water partition coefficient (Wildman–Crippen LogP) is 1.86. The second kappa shape index (κ2) is 7.21. The van der Waals surface area contributed by atoms with E-state index in [0.29, 0.717) is 11.4 Å². The van der Waals surface area contributed by atoms with Crippen molar-refractivity contribution in [1.29, 1.82) is 0 Å². The number of anilines is 2. The van der Waals surface area contributed by atoms with Crippen molar-refractivity contribution in [2.75, 3.05) is 10.9 Å². The summed E-state index contributed by atoms with van der Waals surface area (Å²) < 4.78 is 32.8. The molecule has 0 aliphatic rings. The molecule has 3 rings (SSSR count). The molecule has 0 bridgehead atoms. The lowest BCUT2D eigenvalue weighted by Gasteiger charge is -2.11. The van der Waals surface area contributed by atoms with Crippen molar-refractivity contribution in [2.45, 2.75) is 11.8 Å². The Morgan fingerprint density at radius 3 is 2.39 bits per heavy atom. The molecule has 0 unspecified atom stereocenters. The molecular formula is C17H16N4O6S. The molecule has 0 aliphatic heterocycles. The molecule has 0 radical (unpaired) electrons. The number of hydrogen-bond acceptors (Lipinski definition) is 6. The molecule has 5 N–H and O–H groups in total. The number of aryl methyl sites for hydroxylation is 1. The molecule has 28 heavy (non-hydrogen) atoms. The fraction of sp³-hybridized carbons (Fsp3) is 0.0588. The molecule has 0 saturated heterocycles. The third kappa shape index (κ3) is 3.75. The zero-order chi connectivity index (χ0) is 20.5. The number of nitrogens with one attached hydrogen (secondary N) is 3. The number of aromatic carboxylic acids is 1. The van der Waals surface area contributed by atoms with E-state index < -0.39 is 32.1 Å². The normalized spacial score (nSPS) is 11.2. The molecule has 146 valence electrons. The van der Waals surface area contributed by atoms with Crippen LogP contribution in [0.4, 0.5) is 11.4 Å². The highest BCUT2D eigenvalue weighted by Crippen LogP contribution is 2.21. The van der Waals surface area contributed by atoms with E-state index >= 15 is 0 Å². The van der Waals surface area contributed by atoms with Crippen molar-refractivity contribution in [2.24, 2.45) is 0 Å². The van der Waals surface area contributed by atoms with Gasteiger partial charge in [-0.3, -0.25) is 25.3 Å². The van der Waals surface area contributed by atoms with E-state index in [4.69, 9.17) is 4.55 Å². The molecule has 1 heterocycles. The van der Waals surface area contributed by atoms with Gasteiger partial charge in [-0.05, 0) is 37.3 Å². The number of carboxylic acids is 1. The molecule has 0 atom stereocenters. The Balaban J connectivity index is 1.92. The highest BCUT2D eigenvalue weighted by Gasteiger charge is 2.18. The van der Waals surface area contributed by atoms with Crippen LogP contribution in [0.3, 0.4) is 0 Å². The number of H-pyrrole nitrogens is 1. The van der Waals surface area contributed by atoms with Crippen LogP contribution in [-0.4, -0.2) is 33.8 Å². The van der Waals surface area contributed by atoms with E-state index in [0.717, 1.165) is 18.2 Å². The molecular weight excluding hydrogens is 388 g/mol. The van der Waals surface area contributed by atoms with Crippen molar-refractivity contribution in [3.63, 3.8) is 0 Å². The number of hydrazine groups is 1. The zero-order valence-electron chi connectivity index (χ0n) is 14.5. The lowest BCUT2D eigenvalue weighted by molar-refractivity contribution is 0.0697. The molecule has 1 aromatic heterocycles. The van der Waals surface area contributed by atoms with E-state index in [2.05, 4.69) is 16.0 Å². The smallest absolute Gasteiger partial charge is 0.337 e. The average Bonchev–Trinajstić information content (AvgIpc) is 2.93. The van der Waals surface area contributed by atoms with Gasteiger partial charge in [0.1, 0.15) is 5.69 Å². The first-order valence-electron chi connectivity index (χ1n) is 7.92. The second-order valence-corrected chi connectivity index (χ2v) is 7.25. The summed E-state index contributed by atoms with van der Waals surface area (Å²) in [7, 11) is -4.55. The Bertz CT molecular complexity index is 1200. The summed E-state index contributed by atoms with van der Waals surface area (Å²) in [6.45, 7) is 1.66. The summed E-state index contributed by atoms with van der Waals surface area (Å²) in [6, 6.07) is 11.9.